The zero-order chi connectivity index (χ0) is 19.2. The van der Waals surface area contributed by atoms with Crippen LogP contribution in [0.25, 0.3) is 10.9 Å². The highest BCUT2D eigenvalue weighted by Gasteiger charge is 2.16. The van der Waals surface area contributed by atoms with Crippen LogP contribution in [0.2, 0.25) is 0 Å². The van der Waals surface area contributed by atoms with E-state index in [1.807, 2.05) is 30.3 Å². The van der Waals surface area contributed by atoms with E-state index < -0.39 is 5.91 Å². The van der Waals surface area contributed by atoms with Gasteiger partial charge in [0.05, 0.1) is 33.1 Å². The summed E-state index contributed by atoms with van der Waals surface area (Å²) in [4.78, 5) is 16.8. The molecule has 0 fully saturated rings. The minimum absolute atomic E-state index is 0.331. The van der Waals surface area contributed by atoms with Crippen LogP contribution in [0.3, 0.4) is 0 Å². The fourth-order valence-electron chi connectivity index (χ4n) is 2.67. The van der Waals surface area contributed by atoms with Crippen LogP contribution in [-0.2, 0) is 0 Å². The van der Waals surface area contributed by atoms with Crippen molar-refractivity contribution < 1.29 is 19.0 Å². The summed E-state index contributed by atoms with van der Waals surface area (Å²) < 4.78 is 15.8. The number of hydrogen-bond acceptors (Lipinski definition) is 6. The number of carbonyl (C=O) groups is 1. The first-order valence-corrected chi connectivity index (χ1v) is 8.15. The highest BCUT2D eigenvalue weighted by atomic mass is 16.5. The number of pyridine rings is 1. The summed E-state index contributed by atoms with van der Waals surface area (Å²) in [7, 11) is 4.48. The highest BCUT2D eigenvalue weighted by molar-refractivity contribution is 5.99. The van der Waals surface area contributed by atoms with Crippen LogP contribution >= 0.6 is 0 Å². The maximum Gasteiger partial charge on any atom is 0.271 e. The average Bonchev–Trinajstić information content (AvgIpc) is 2.72. The van der Waals surface area contributed by atoms with Gasteiger partial charge in [-0.2, -0.15) is 5.10 Å². The Labute approximate surface area is 156 Å². The zero-order valence-electron chi connectivity index (χ0n) is 15.2. The number of methoxy groups -OCH3 is 3. The molecule has 138 valence electrons. The van der Waals surface area contributed by atoms with Crippen molar-refractivity contribution in [3.63, 3.8) is 0 Å². The second kappa shape index (κ2) is 8.18. The molecule has 1 N–H and O–H groups in total. The lowest BCUT2D eigenvalue weighted by atomic mass is 10.1. The Kier molecular flexibility index (Phi) is 5.51. The first-order valence-electron chi connectivity index (χ1n) is 8.15. The second-order valence-electron chi connectivity index (χ2n) is 5.54. The monoisotopic (exact) mass is 365 g/mol. The summed E-state index contributed by atoms with van der Waals surface area (Å²) in [6, 6.07) is 12.7. The van der Waals surface area contributed by atoms with Gasteiger partial charge in [0.25, 0.3) is 5.91 Å². The molecule has 7 heteroatoms. The first kappa shape index (κ1) is 18.2. The predicted octanol–water partition coefficient (Wildman–Crippen LogP) is 3.02. The van der Waals surface area contributed by atoms with Crippen molar-refractivity contribution in [1.29, 1.82) is 0 Å². The Hall–Kier alpha value is -3.61. The third-order valence-corrected chi connectivity index (χ3v) is 3.96. The molecule has 1 heterocycles. The van der Waals surface area contributed by atoms with Crippen molar-refractivity contribution in [3.05, 3.63) is 59.8 Å². The Morgan fingerprint density at radius 2 is 1.74 bits per heavy atom. The minimum Gasteiger partial charge on any atom is -0.493 e. The van der Waals surface area contributed by atoms with Gasteiger partial charge >= 0.3 is 0 Å². The highest BCUT2D eigenvalue weighted by Crippen LogP contribution is 2.38. The average molecular weight is 365 g/mol. The number of benzene rings is 2. The molecule has 0 aliphatic carbocycles. The summed E-state index contributed by atoms with van der Waals surface area (Å²) in [6.45, 7) is 0. The van der Waals surface area contributed by atoms with Crippen LogP contribution in [-0.4, -0.2) is 38.4 Å². The van der Waals surface area contributed by atoms with Gasteiger partial charge in [-0.05, 0) is 18.2 Å². The van der Waals surface area contributed by atoms with Crippen LogP contribution < -0.4 is 19.6 Å². The molecule has 2 aromatic carbocycles. The SMILES string of the molecule is COc1cc(C(=O)NN=Cc2cccc3cccnc23)cc(OC)c1OC. The van der Waals surface area contributed by atoms with E-state index in [0.29, 0.717) is 22.8 Å². The number of ether oxygens (including phenoxy) is 3. The largest absolute Gasteiger partial charge is 0.493 e. The van der Waals surface area contributed by atoms with Gasteiger partial charge in [0.2, 0.25) is 5.75 Å². The summed E-state index contributed by atoms with van der Waals surface area (Å²) in [6.07, 6.45) is 3.28. The van der Waals surface area contributed by atoms with E-state index in [0.717, 1.165) is 16.5 Å². The Morgan fingerprint density at radius 1 is 1.04 bits per heavy atom. The predicted molar refractivity (Wildman–Crippen MR) is 103 cm³/mol. The maximum atomic E-state index is 12.4. The molecule has 1 amide bonds. The summed E-state index contributed by atoms with van der Waals surface area (Å²) in [5.41, 5.74) is 4.45. The third kappa shape index (κ3) is 3.82. The van der Waals surface area contributed by atoms with E-state index in [2.05, 4.69) is 15.5 Å². The van der Waals surface area contributed by atoms with E-state index in [1.54, 1.807) is 24.5 Å². The number of nitrogens with zero attached hydrogens (tertiary/aromatic N) is 2. The molecular formula is C20H19N3O4. The molecule has 0 saturated carbocycles. The number of nitrogens with one attached hydrogen (secondary N) is 1. The molecule has 0 bridgehead atoms. The fourth-order valence-corrected chi connectivity index (χ4v) is 2.67. The van der Waals surface area contributed by atoms with Gasteiger partial charge < -0.3 is 14.2 Å². The minimum atomic E-state index is -0.404. The van der Waals surface area contributed by atoms with Crippen molar-refractivity contribution >= 4 is 23.0 Å². The Bertz CT molecular complexity index is 971. The number of rotatable bonds is 6. The van der Waals surface area contributed by atoms with Gasteiger partial charge in [0, 0.05) is 22.7 Å². The van der Waals surface area contributed by atoms with Gasteiger partial charge in [-0.3, -0.25) is 9.78 Å². The van der Waals surface area contributed by atoms with Gasteiger partial charge in [-0.1, -0.05) is 24.3 Å². The second-order valence-corrected chi connectivity index (χ2v) is 5.54. The van der Waals surface area contributed by atoms with Crippen molar-refractivity contribution in [2.75, 3.05) is 21.3 Å². The molecule has 7 nitrogen and oxygen atoms in total. The van der Waals surface area contributed by atoms with Crippen LogP contribution in [0.15, 0.2) is 53.8 Å². The Balaban J connectivity index is 1.82. The number of fused-ring (bicyclic) bond motifs is 1. The fraction of sp³-hybridized carbons (Fsp3) is 0.150. The number of para-hydroxylation sites is 1. The van der Waals surface area contributed by atoms with Crippen LogP contribution in [0.5, 0.6) is 17.2 Å². The third-order valence-electron chi connectivity index (χ3n) is 3.96. The summed E-state index contributed by atoms with van der Waals surface area (Å²) in [5, 5.41) is 5.04. The van der Waals surface area contributed by atoms with Gasteiger partial charge in [-0.25, -0.2) is 5.43 Å². The molecule has 0 atom stereocenters. The standard InChI is InChI=1S/C20H19N3O4/c1-25-16-10-15(11-17(26-2)19(16)27-3)20(24)23-22-12-14-7-4-6-13-8-5-9-21-18(13)14/h4-12H,1-3H3,(H,23,24). The van der Waals surface area contributed by atoms with Crippen LogP contribution in [0.1, 0.15) is 15.9 Å². The van der Waals surface area contributed by atoms with Crippen molar-refractivity contribution in [2.24, 2.45) is 5.10 Å². The van der Waals surface area contributed by atoms with Gasteiger partial charge in [0.15, 0.2) is 11.5 Å². The number of hydrazone groups is 1. The van der Waals surface area contributed by atoms with Crippen LogP contribution in [0.4, 0.5) is 0 Å². The lowest BCUT2D eigenvalue weighted by Gasteiger charge is -2.13. The van der Waals surface area contributed by atoms with E-state index in [1.165, 1.54) is 21.3 Å². The zero-order valence-corrected chi connectivity index (χ0v) is 15.2. The van der Waals surface area contributed by atoms with E-state index in [-0.39, 0.29) is 0 Å². The van der Waals surface area contributed by atoms with Gasteiger partial charge in [-0.15, -0.1) is 0 Å². The van der Waals surface area contributed by atoms with Gasteiger partial charge in [0.1, 0.15) is 0 Å². The summed E-state index contributed by atoms with van der Waals surface area (Å²) in [5.74, 6) is 0.800. The number of amides is 1. The van der Waals surface area contributed by atoms with E-state index in [4.69, 9.17) is 14.2 Å². The number of aromatic nitrogens is 1. The van der Waals surface area contributed by atoms with Crippen molar-refractivity contribution in [1.82, 2.24) is 10.4 Å². The number of carbonyl (C=O) groups excluding carboxylic acids is 1. The molecule has 0 aliphatic heterocycles. The van der Waals surface area contributed by atoms with Crippen LogP contribution in [0, 0.1) is 0 Å². The molecule has 0 spiro atoms. The first-order chi connectivity index (χ1) is 13.2. The normalized spacial score (nSPS) is 10.8. The smallest absolute Gasteiger partial charge is 0.271 e. The van der Waals surface area contributed by atoms with E-state index >= 15 is 0 Å². The lowest BCUT2D eigenvalue weighted by Crippen LogP contribution is -2.18. The molecule has 0 radical (unpaired) electrons. The van der Waals surface area contributed by atoms with E-state index in [9.17, 15) is 4.79 Å². The maximum absolute atomic E-state index is 12.4. The quantitative estimate of drug-likeness (QED) is 0.536. The molecule has 1 aromatic heterocycles. The summed E-state index contributed by atoms with van der Waals surface area (Å²) >= 11 is 0. The number of hydrogen-bond donors (Lipinski definition) is 1. The molecular weight excluding hydrogens is 346 g/mol. The molecule has 3 aromatic rings. The molecule has 3 rings (SSSR count). The molecule has 0 saturated heterocycles. The molecule has 27 heavy (non-hydrogen) atoms. The van der Waals surface area contributed by atoms with Crippen molar-refractivity contribution in [2.45, 2.75) is 0 Å². The lowest BCUT2D eigenvalue weighted by molar-refractivity contribution is 0.0954. The molecule has 0 aliphatic rings. The topological polar surface area (TPSA) is 82.0 Å². The van der Waals surface area contributed by atoms with Crippen molar-refractivity contribution in [3.8, 4) is 17.2 Å². The molecule has 0 unspecified atom stereocenters. The Morgan fingerprint density at radius 3 is 2.41 bits per heavy atom.